The van der Waals surface area contributed by atoms with Gasteiger partial charge < -0.3 is 31.2 Å². The zero-order valence-electron chi connectivity index (χ0n) is 18.7. The van der Waals surface area contributed by atoms with Crippen LogP contribution >= 0.6 is 0 Å². The molecule has 1 aromatic carbocycles. The molecule has 174 valence electrons. The van der Waals surface area contributed by atoms with E-state index in [4.69, 9.17) is 15.2 Å². The molecular weight excluding hydrogens is 416 g/mol. The van der Waals surface area contributed by atoms with Gasteiger partial charge in [-0.15, -0.1) is 0 Å². The third kappa shape index (κ3) is 8.17. The summed E-state index contributed by atoms with van der Waals surface area (Å²) in [6.45, 7) is 5.35. The Hall–Kier alpha value is -3.76. The standard InChI is InChI=1S/C21H30N6O5/c1-21(2,3)32-19(29)23-11-10-15(18(28)25-16-12-24-27(4)17(16)22)26-20(30)31-13-14-8-6-5-7-9-14/h5-9,12,15H,10-11,13,22H2,1-4H3,(H,23,29)(H,25,28)(H,26,30)/t15-/m0/s1. The highest BCUT2D eigenvalue weighted by atomic mass is 16.6. The first kappa shape index (κ1) is 24.5. The molecule has 1 aromatic heterocycles. The first-order valence-corrected chi connectivity index (χ1v) is 10.1. The molecule has 0 bridgehead atoms. The number of carbonyl (C=O) groups excluding carboxylic acids is 3. The van der Waals surface area contributed by atoms with Crippen LogP contribution in [0.25, 0.3) is 0 Å². The van der Waals surface area contributed by atoms with Crippen molar-refractivity contribution in [2.45, 2.75) is 45.4 Å². The van der Waals surface area contributed by atoms with Crippen LogP contribution in [0.15, 0.2) is 36.5 Å². The van der Waals surface area contributed by atoms with Crippen molar-refractivity contribution in [2.24, 2.45) is 7.05 Å². The number of nitrogens with zero attached hydrogens (tertiary/aromatic N) is 2. The van der Waals surface area contributed by atoms with E-state index in [1.807, 2.05) is 30.3 Å². The minimum absolute atomic E-state index is 0.0483. The fourth-order valence-electron chi connectivity index (χ4n) is 2.57. The highest BCUT2D eigenvalue weighted by molar-refractivity contribution is 5.98. The van der Waals surface area contributed by atoms with Crippen LogP contribution in [-0.4, -0.2) is 46.1 Å². The van der Waals surface area contributed by atoms with Crippen LogP contribution in [0, 0.1) is 0 Å². The van der Waals surface area contributed by atoms with E-state index in [-0.39, 0.29) is 25.4 Å². The number of benzene rings is 1. The molecule has 0 saturated heterocycles. The second-order valence-electron chi connectivity index (χ2n) is 8.03. The Labute approximate surface area is 186 Å². The first-order valence-electron chi connectivity index (χ1n) is 10.1. The average molecular weight is 447 g/mol. The summed E-state index contributed by atoms with van der Waals surface area (Å²) in [5, 5.41) is 11.7. The number of nitrogens with one attached hydrogen (secondary N) is 3. The van der Waals surface area contributed by atoms with E-state index in [9.17, 15) is 14.4 Å². The number of nitrogen functional groups attached to an aromatic ring is 1. The van der Waals surface area contributed by atoms with Crippen molar-refractivity contribution in [3.05, 3.63) is 42.1 Å². The van der Waals surface area contributed by atoms with E-state index in [0.29, 0.717) is 5.69 Å². The Morgan fingerprint density at radius 3 is 2.44 bits per heavy atom. The maximum absolute atomic E-state index is 12.8. The van der Waals surface area contributed by atoms with Crippen molar-refractivity contribution in [2.75, 3.05) is 17.6 Å². The number of anilines is 2. The largest absolute Gasteiger partial charge is 0.445 e. The normalized spacial score (nSPS) is 11.9. The van der Waals surface area contributed by atoms with E-state index < -0.39 is 29.7 Å². The Kier molecular flexibility index (Phi) is 8.45. The van der Waals surface area contributed by atoms with Crippen LogP contribution in [-0.2, 0) is 27.9 Å². The van der Waals surface area contributed by atoms with Gasteiger partial charge in [-0.25, -0.2) is 9.59 Å². The van der Waals surface area contributed by atoms with E-state index in [2.05, 4.69) is 21.0 Å². The van der Waals surface area contributed by atoms with Crippen molar-refractivity contribution in [1.82, 2.24) is 20.4 Å². The summed E-state index contributed by atoms with van der Waals surface area (Å²) in [5.41, 5.74) is 6.32. The molecule has 1 atom stereocenters. The monoisotopic (exact) mass is 446 g/mol. The lowest BCUT2D eigenvalue weighted by atomic mass is 10.2. The lowest BCUT2D eigenvalue weighted by molar-refractivity contribution is -0.118. The van der Waals surface area contributed by atoms with Gasteiger partial charge in [0.05, 0.1) is 6.20 Å². The molecular formula is C21H30N6O5. The van der Waals surface area contributed by atoms with Gasteiger partial charge in [0.1, 0.15) is 29.8 Å². The third-order valence-electron chi connectivity index (χ3n) is 4.17. The van der Waals surface area contributed by atoms with Crippen LogP contribution in [0.2, 0.25) is 0 Å². The molecule has 0 fully saturated rings. The van der Waals surface area contributed by atoms with Gasteiger partial charge in [0, 0.05) is 13.6 Å². The maximum atomic E-state index is 12.8. The summed E-state index contributed by atoms with van der Waals surface area (Å²) in [7, 11) is 1.63. The SMILES string of the molecule is Cn1ncc(NC(=O)[C@H](CCNC(=O)OC(C)(C)C)NC(=O)OCc2ccccc2)c1N. The average Bonchev–Trinajstić information content (AvgIpc) is 3.03. The fraction of sp³-hybridized carbons (Fsp3) is 0.429. The van der Waals surface area contributed by atoms with Gasteiger partial charge in [-0.1, -0.05) is 30.3 Å². The molecule has 0 radical (unpaired) electrons. The molecule has 11 nitrogen and oxygen atoms in total. The highest BCUT2D eigenvalue weighted by Gasteiger charge is 2.24. The number of nitrogens with two attached hydrogens (primary N) is 1. The van der Waals surface area contributed by atoms with Crippen LogP contribution in [0.1, 0.15) is 32.8 Å². The first-order chi connectivity index (χ1) is 15.0. The Morgan fingerprint density at radius 1 is 1.16 bits per heavy atom. The number of aryl methyl sites for hydroxylation is 1. The minimum atomic E-state index is -1.01. The van der Waals surface area contributed by atoms with Gasteiger partial charge in [0.25, 0.3) is 0 Å². The predicted octanol–water partition coefficient (Wildman–Crippen LogP) is 2.15. The van der Waals surface area contributed by atoms with Gasteiger partial charge in [-0.2, -0.15) is 5.10 Å². The molecule has 0 aliphatic rings. The van der Waals surface area contributed by atoms with E-state index in [0.717, 1.165) is 5.56 Å². The van der Waals surface area contributed by atoms with Crippen LogP contribution in [0.3, 0.4) is 0 Å². The quantitative estimate of drug-likeness (QED) is 0.485. The Balaban J connectivity index is 1.97. The molecule has 0 aliphatic heterocycles. The van der Waals surface area contributed by atoms with Crippen LogP contribution in [0.4, 0.5) is 21.1 Å². The topological polar surface area (TPSA) is 150 Å². The second-order valence-corrected chi connectivity index (χ2v) is 8.03. The Bertz CT molecular complexity index is 923. The zero-order valence-corrected chi connectivity index (χ0v) is 18.7. The highest BCUT2D eigenvalue weighted by Crippen LogP contribution is 2.16. The van der Waals surface area contributed by atoms with Gasteiger partial charge >= 0.3 is 12.2 Å². The summed E-state index contributed by atoms with van der Waals surface area (Å²) in [4.78, 5) is 36.9. The summed E-state index contributed by atoms with van der Waals surface area (Å²) < 4.78 is 11.8. The molecule has 32 heavy (non-hydrogen) atoms. The van der Waals surface area contributed by atoms with E-state index in [1.165, 1.54) is 10.9 Å². The smallest absolute Gasteiger partial charge is 0.408 e. The predicted molar refractivity (Wildman–Crippen MR) is 119 cm³/mol. The van der Waals surface area contributed by atoms with Gasteiger partial charge in [-0.05, 0) is 32.8 Å². The van der Waals surface area contributed by atoms with E-state index >= 15 is 0 Å². The number of rotatable bonds is 8. The zero-order chi connectivity index (χ0) is 23.7. The van der Waals surface area contributed by atoms with Crippen molar-refractivity contribution in [3.63, 3.8) is 0 Å². The Morgan fingerprint density at radius 2 is 1.84 bits per heavy atom. The molecule has 3 amide bonds. The number of amides is 3. The van der Waals surface area contributed by atoms with Gasteiger partial charge in [0.15, 0.2) is 0 Å². The fourth-order valence-corrected chi connectivity index (χ4v) is 2.57. The lowest BCUT2D eigenvalue weighted by Gasteiger charge is -2.21. The van der Waals surface area contributed by atoms with Gasteiger partial charge in [0.2, 0.25) is 5.91 Å². The summed E-state index contributed by atoms with van der Waals surface area (Å²) >= 11 is 0. The molecule has 0 aliphatic carbocycles. The van der Waals surface area contributed by atoms with Crippen LogP contribution < -0.4 is 21.7 Å². The molecule has 0 unspecified atom stereocenters. The third-order valence-corrected chi connectivity index (χ3v) is 4.17. The number of carbonyl (C=O) groups is 3. The van der Waals surface area contributed by atoms with Crippen molar-refractivity contribution < 1.29 is 23.9 Å². The maximum Gasteiger partial charge on any atom is 0.408 e. The summed E-state index contributed by atoms with van der Waals surface area (Å²) in [5.74, 6) is -0.275. The molecule has 5 N–H and O–H groups in total. The molecule has 11 heteroatoms. The number of aromatic nitrogens is 2. The number of hydrogen-bond acceptors (Lipinski definition) is 7. The second kappa shape index (κ2) is 11.0. The van der Waals surface area contributed by atoms with Gasteiger partial charge in [-0.3, -0.25) is 9.48 Å². The lowest BCUT2D eigenvalue weighted by Crippen LogP contribution is -2.46. The molecule has 1 heterocycles. The minimum Gasteiger partial charge on any atom is -0.445 e. The number of hydrogen-bond donors (Lipinski definition) is 4. The van der Waals surface area contributed by atoms with Crippen molar-refractivity contribution in [3.8, 4) is 0 Å². The summed E-state index contributed by atoms with van der Waals surface area (Å²) in [6.07, 6.45) is 0.0908. The summed E-state index contributed by atoms with van der Waals surface area (Å²) in [6, 6.07) is 8.13. The molecule has 2 rings (SSSR count). The van der Waals surface area contributed by atoms with Crippen molar-refractivity contribution in [1.29, 1.82) is 0 Å². The number of ether oxygens (including phenoxy) is 2. The molecule has 0 saturated carbocycles. The van der Waals surface area contributed by atoms with Crippen molar-refractivity contribution >= 4 is 29.6 Å². The van der Waals surface area contributed by atoms with E-state index in [1.54, 1.807) is 27.8 Å². The van der Waals surface area contributed by atoms with Crippen LogP contribution in [0.5, 0.6) is 0 Å². The molecule has 2 aromatic rings. The number of alkyl carbamates (subject to hydrolysis) is 2. The molecule has 0 spiro atoms.